The van der Waals surface area contributed by atoms with Crippen LogP contribution in [0.1, 0.15) is 59.3 Å². The van der Waals surface area contributed by atoms with Gasteiger partial charge in [0.2, 0.25) is 0 Å². The molecular formula is C19H40N4O. The molecule has 1 fully saturated rings. The molecule has 142 valence electrons. The van der Waals surface area contributed by atoms with Crippen molar-refractivity contribution in [1.29, 1.82) is 0 Å². The van der Waals surface area contributed by atoms with Crippen molar-refractivity contribution in [2.75, 3.05) is 46.9 Å². The molecular weight excluding hydrogens is 300 g/mol. The van der Waals surface area contributed by atoms with Crippen molar-refractivity contribution in [3.8, 4) is 0 Å². The van der Waals surface area contributed by atoms with E-state index in [0.717, 1.165) is 19.0 Å². The number of unbranched alkanes of at least 4 members (excludes halogenated alkanes) is 2. The van der Waals surface area contributed by atoms with Gasteiger partial charge in [0.05, 0.1) is 6.10 Å². The summed E-state index contributed by atoms with van der Waals surface area (Å²) in [7, 11) is 3.60. The topological polar surface area (TPSA) is 48.9 Å². The Labute approximate surface area is 149 Å². The van der Waals surface area contributed by atoms with Gasteiger partial charge in [-0.25, -0.2) is 0 Å². The van der Waals surface area contributed by atoms with Crippen molar-refractivity contribution in [1.82, 2.24) is 15.5 Å². The quantitative estimate of drug-likeness (QED) is 0.385. The highest BCUT2D eigenvalue weighted by molar-refractivity contribution is 5.79. The van der Waals surface area contributed by atoms with Crippen molar-refractivity contribution in [2.24, 2.45) is 10.4 Å². The van der Waals surface area contributed by atoms with Crippen LogP contribution >= 0.6 is 0 Å². The highest BCUT2D eigenvalue weighted by atomic mass is 16.5. The predicted molar refractivity (Wildman–Crippen MR) is 104 cm³/mol. The average molecular weight is 341 g/mol. The van der Waals surface area contributed by atoms with E-state index in [0.29, 0.717) is 0 Å². The molecule has 0 aromatic heterocycles. The Bertz CT molecular complexity index is 346. The Kier molecular flexibility index (Phi) is 10.3. The third-order valence-electron chi connectivity index (χ3n) is 4.82. The van der Waals surface area contributed by atoms with Crippen LogP contribution in [0.3, 0.4) is 0 Å². The van der Waals surface area contributed by atoms with E-state index in [1.54, 1.807) is 7.11 Å². The summed E-state index contributed by atoms with van der Waals surface area (Å²) in [6.07, 6.45) is 8.15. The van der Waals surface area contributed by atoms with Gasteiger partial charge in [-0.15, -0.1) is 0 Å². The molecule has 0 radical (unpaired) electrons. The number of nitrogens with one attached hydrogen (secondary N) is 2. The summed E-state index contributed by atoms with van der Waals surface area (Å²) in [6, 6.07) is 0. The minimum atomic E-state index is 0.120. The van der Waals surface area contributed by atoms with E-state index in [1.807, 2.05) is 7.05 Å². The SMILES string of the molecule is CN=C(NCCCCCN1CCCCC1)NCC(OC)C(C)(C)C. The summed E-state index contributed by atoms with van der Waals surface area (Å²) in [6.45, 7) is 12.2. The molecule has 1 unspecified atom stereocenters. The molecule has 0 spiro atoms. The third kappa shape index (κ3) is 8.88. The molecule has 1 aliphatic heterocycles. The van der Waals surface area contributed by atoms with Gasteiger partial charge >= 0.3 is 0 Å². The van der Waals surface area contributed by atoms with Crippen LogP contribution in [-0.2, 0) is 4.74 Å². The number of ether oxygens (including phenoxy) is 1. The van der Waals surface area contributed by atoms with Crippen LogP contribution in [0.2, 0.25) is 0 Å². The molecule has 1 saturated heterocycles. The fraction of sp³-hybridized carbons (Fsp3) is 0.947. The van der Waals surface area contributed by atoms with Crippen molar-refractivity contribution in [3.63, 3.8) is 0 Å². The maximum Gasteiger partial charge on any atom is 0.191 e. The Balaban J connectivity index is 2.09. The Hall–Kier alpha value is -0.810. The molecule has 5 heteroatoms. The van der Waals surface area contributed by atoms with E-state index in [-0.39, 0.29) is 11.5 Å². The molecule has 0 aromatic carbocycles. The van der Waals surface area contributed by atoms with Crippen LogP contribution in [-0.4, -0.2) is 63.8 Å². The maximum absolute atomic E-state index is 5.57. The highest BCUT2D eigenvalue weighted by Gasteiger charge is 2.24. The fourth-order valence-electron chi connectivity index (χ4n) is 3.18. The molecule has 5 nitrogen and oxygen atoms in total. The minimum absolute atomic E-state index is 0.120. The first-order chi connectivity index (χ1) is 11.5. The summed E-state index contributed by atoms with van der Waals surface area (Å²) >= 11 is 0. The molecule has 1 rings (SSSR count). The van der Waals surface area contributed by atoms with Crippen molar-refractivity contribution in [3.05, 3.63) is 0 Å². The first-order valence-electron chi connectivity index (χ1n) is 9.67. The number of methoxy groups -OCH3 is 1. The number of likely N-dealkylation sites (tertiary alicyclic amines) is 1. The molecule has 0 amide bonds. The second-order valence-corrected chi connectivity index (χ2v) is 7.93. The Morgan fingerprint density at radius 2 is 1.79 bits per heavy atom. The monoisotopic (exact) mass is 340 g/mol. The molecule has 0 saturated carbocycles. The largest absolute Gasteiger partial charge is 0.379 e. The summed E-state index contributed by atoms with van der Waals surface area (Å²) in [5, 5.41) is 6.78. The normalized spacial score (nSPS) is 18.5. The van der Waals surface area contributed by atoms with Gasteiger partial charge in [-0.2, -0.15) is 0 Å². The Morgan fingerprint density at radius 1 is 1.08 bits per heavy atom. The number of piperidine rings is 1. The summed E-state index contributed by atoms with van der Waals surface area (Å²) in [5.41, 5.74) is 0.120. The van der Waals surface area contributed by atoms with Crippen LogP contribution < -0.4 is 10.6 Å². The summed E-state index contributed by atoms with van der Waals surface area (Å²) in [5.74, 6) is 0.873. The maximum atomic E-state index is 5.57. The first-order valence-corrected chi connectivity index (χ1v) is 9.67. The van der Waals surface area contributed by atoms with E-state index < -0.39 is 0 Å². The number of hydrogen-bond donors (Lipinski definition) is 2. The molecule has 1 heterocycles. The predicted octanol–water partition coefficient (Wildman–Crippen LogP) is 2.87. The molecule has 0 aromatic rings. The highest BCUT2D eigenvalue weighted by Crippen LogP contribution is 2.20. The lowest BCUT2D eigenvalue weighted by molar-refractivity contribution is 0.0205. The smallest absolute Gasteiger partial charge is 0.191 e. The third-order valence-corrected chi connectivity index (χ3v) is 4.82. The van der Waals surface area contributed by atoms with Crippen LogP contribution in [0.4, 0.5) is 0 Å². The number of hydrogen-bond acceptors (Lipinski definition) is 3. The van der Waals surface area contributed by atoms with Crippen LogP contribution in [0, 0.1) is 5.41 Å². The second-order valence-electron chi connectivity index (χ2n) is 7.93. The molecule has 1 atom stereocenters. The van der Waals surface area contributed by atoms with Gasteiger partial charge in [0, 0.05) is 27.2 Å². The van der Waals surface area contributed by atoms with E-state index in [4.69, 9.17) is 4.74 Å². The van der Waals surface area contributed by atoms with E-state index in [1.165, 1.54) is 58.2 Å². The zero-order valence-electron chi connectivity index (χ0n) is 16.7. The van der Waals surface area contributed by atoms with E-state index in [9.17, 15) is 0 Å². The lowest BCUT2D eigenvalue weighted by Gasteiger charge is -2.30. The number of aliphatic imine (C=N–C) groups is 1. The van der Waals surface area contributed by atoms with Gasteiger partial charge in [-0.05, 0) is 50.7 Å². The molecule has 2 N–H and O–H groups in total. The average Bonchev–Trinajstić information content (AvgIpc) is 2.56. The molecule has 0 aliphatic carbocycles. The van der Waals surface area contributed by atoms with Gasteiger partial charge in [-0.3, -0.25) is 4.99 Å². The Morgan fingerprint density at radius 3 is 2.38 bits per heavy atom. The van der Waals surface area contributed by atoms with Gasteiger partial charge in [0.15, 0.2) is 5.96 Å². The number of nitrogens with zero attached hydrogens (tertiary/aromatic N) is 2. The van der Waals surface area contributed by atoms with Crippen LogP contribution in [0.15, 0.2) is 4.99 Å². The van der Waals surface area contributed by atoms with Crippen LogP contribution in [0.25, 0.3) is 0 Å². The summed E-state index contributed by atoms with van der Waals surface area (Å²) in [4.78, 5) is 6.92. The summed E-state index contributed by atoms with van der Waals surface area (Å²) < 4.78 is 5.57. The zero-order chi connectivity index (χ0) is 17.8. The standard InChI is InChI=1S/C19H40N4O/c1-19(2,3)17(24-5)16-22-18(20-4)21-12-8-6-9-13-23-14-10-7-11-15-23/h17H,6-16H2,1-5H3,(H2,20,21,22). The van der Waals surface area contributed by atoms with Crippen molar-refractivity contribution in [2.45, 2.75) is 65.4 Å². The molecule has 1 aliphatic rings. The lowest BCUT2D eigenvalue weighted by Crippen LogP contribution is -2.45. The molecule has 24 heavy (non-hydrogen) atoms. The minimum Gasteiger partial charge on any atom is -0.379 e. The van der Waals surface area contributed by atoms with E-state index in [2.05, 4.69) is 41.3 Å². The van der Waals surface area contributed by atoms with Crippen molar-refractivity contribution < 1.29 is 4.74 Å². The van der Waals surface area contributed by atoms with Gasteiger partial charge in [0.1, 0.15) is 0 Å². The van der Waals surface area contributed by atoms with E-state index >= 15 is 0 Å². The first kappa shape index (κ1) is 21.2. The lowest BCUT2D eigenvalue weighted by atomic mass is 9.89. The van der Waals surface area contributed by atoms with Gasteiger partial charge in [0.25, 0.3) is 0 Å². The second kappa shape index (κ2) is 11.7. The van der Waals surface area contributed by atoms with Gasteiger partial charge < -0.3 is 20.3 Å². The van der Waals surface area contributed by atoms with Crippen LogP contribution in [0.5, 0.6) is 0 Å². The van der Waals surface area contributed by atoms with Gasteiger partial charge in [-0.1, -0.05) is 33.6 Å². The zero-order valence-corrected chi connectivity index (χ0v) is 16.7. The number of rotatable bonds is 9. The fourth-order valence-corrected chi connectivity index (χ4v) is 3.18. The molecule has 0 bridgehead atoms. The van der Waals surface area contributed by atoms with Crippen molar-refractivity contribution >= 4 is 5.96 Å². The number of guanidine groups is 1.